The van der Waals surface area contributed by atoms with Crippen molar-refractivity contribution in [3.05, 3.63) is 75.9 Å². The number of amides is 1. The summed E-state index contributed by atoms with van der Waals surface area (Å²) in [7, 11) is 0. The predicted molar refractivity (Wildman–Crippen MR) is 97.7 cm³/mol. The molecule has 1 amide bonds. The predicted octanol–water partition coefficient (Wildman–Crippen LogP) is 4.27. The summed E-state index contributed by atoms with van der Waals surface area (Å²) in [4.78, 5) is 16.4. The minimum Gasteiger partial charge on any atom is -0.267 e. The SMILES string of the molecule is Cc1cccc(C(=O)N/N=C/c2cc3ccc(C)cc3nc2Cl)c1. The van der Waals surface area contributed by atoms with Crippen LogP contribution in [0.4, 0.5) is 0 Å². The largest absolute Gasteiger partial charge is 0.271 e. The number of benzene rings is 2. The molecule has 0 atom stereocenters. The summed E-state index contributed by atoms with van der Waals surface area (Å²) in [6.07, 6.45) is 1.50. The first-order valence-electron chi connectivity index (χ1n) is 7.50. The van der Waals surface area contributed by atoms with Crippen LogP contribution in [0.5, 0.6) is 0 Å². The summed E-state index contributed by atoms with van der Waals surface area (Å²) in [6, 6.07) is 15.2. The highest BCUT2D eigenvalue weighted by atomic mass is 35.5. The van der Waals surface area contributed by atoms with Crippen molar-refractivity contribution in [3.63, 3.8) is 0 Å². The third-order valence-corrected chi connectivity index (χ3v) is 3.91. The molecule has 0 aliphatic carbocycles. The third kappa shape index (κ3) is 3.60. The first-order valence-corrected chi connectivity index (χ1v) is 7.88. The first-order chi connectivity index (χ1) is 11.5. The summed E-state index contributed by atoms with van der Waals surface area (Å²) in [5.74, 6) is -0.268. The fourth-order valence-electron chi connectivity index (χ4n) is 2.37. The van der Waals surface area contributed by atoms with Gasteiger partial charge in [-0.05, 0) is 43.7 Å². The minimum atomic E-state index is -0.268. The van der Waals surface area contributed by atoms with Gasteiger partial charge in [0.25, 0.3) is 5.91 Å². The second kappa shape index (κ2) is 6.81. The number of pyridine rings is 1. The van der Waals surface area contributed by atoms with Gasteiger partial charge in [0.15, 0.2) is 0 Å². The number of aryl methyl sites for hydroxylation is 2. The number of nitrogens with one attached hydrogen (secondary N) is 1. The van der Waals surface area contributed by atoms with Gasteiger partial charge in [-0.1, -0.05) is 41.4 Å². The van der Waals surface area contributed by atoms with Gasteiger partial charge in [0, 0.05) is 16.5 Å². The Bertz CT molecular complexity index is 950. The fraction of sp³-hybridized carbons (Fsp3) is 0.105. The zero-order chi connectivity index (χ0) is 17.1. The van der Waals surface area contributed by atoms with E-state index in [4.69, 9.17) is 11.6 Å². The Morgan fingerprint density at radius 3 is 2.71 bits per heavy atom. The maximum absolute atomic E-state index is 12.0. The fourth-order valence-corrected chi connectivity index (χ4v) is 2.57. The Morgan fingerprint density at radius 1 is 1.12 bits per heavy atom. The first kappa shape index (κ1) is 16.1. The van der Waals surface area contributed by atoms with Crippen LogP contribution in [0.15, 0.2) is 53.6 Å². The number of hydrogen-bond donors (Lipinski definition) is 1. The van der Waals surface area contributed by atoms with Crippen molar-refractivity contribution in [1.82, 2.24) is 10.4 Å². The molecule has 0 spiro atoms. The van der Waals surface area contributed by atoms with E-state index in [0.29, 0.717) is 16.3 Å². The van der Waals surface area contributed by atoms with E-state index in [-0.39, 0.29) is 5.91 Å². The van der Waals surface area contributed by atoms with Crippen molar-refractivity contribution in [1.29, 1.82) is 0 Å². The number of aromatic nitrogens is 1. The molecule has 1 N–H and O–H groups in total. The molecule has 24 heavy (non-hydrogen) atoms. The van der Waals surface area contributed by atoms with Gasteiger partial charge in [0.2, 0.25) is 0 Å². The van der Waals surface area contributed by atoms with Crippen LogP contribution in [0, 0.1) is 13.8 Å². The molecule has 0 aliphatic rings. The highest BCUT2D eigenvalue weighted by molar-refractivity contribution is 6.32. The molecular weight excluding hydrogens is 322 g/mol. The average Bonchev–Trinajstić information content (AvgIpc) is 2.55. The Hall–Kier alpha value is -2.72. The maximum atomic E-state index is 12.0. The molecule has 0 saturated heterocycles. The van der Waals surface area contributed by atoms with E-state index in [1.165, 1.54) is 6.21 Å². The quantitative estimate of drug-likeness (QED) is 0.441. The molecule has 0 unspecified atom stereocenters. The number of nitrogens with zero attached hydrogens (tertiary/aromatic N) is 2. The molecule has 0 bridgehead atoms. The van der Waals surface area contributed by atoms with Crippen molar-refractivity contribution in [2.24, 2.45) is 5.10 Å². The summed E-state index contributed by atoms with van der Waals surface area (Å²) >= 11 is 6.19. The lowest BCUT2D eigenvalue weighted by molar-refractivity contribution is 0.0955. The van der Waals surface area contributed by atoms with Gasteiger partial charge in [-0.2, -0.15) is 5.10 Å². The van der Waals surface area contributed by atoms with Crippen LogP contribution in [0.2, 0.25) is 5.15 Å². The second-order valence-electron chi connectivity index (χ2n) is 5.63. The van der Waals surface area contributed by atoms with Crippen molar-refractivity contribution < 1.29 is 4.79 Å². The maximum Gasteiger partial charge on any atom is 0.271 e. The Balaban J connectivity index is 1.79. The minimum absolute atomic E-state index is 0.268. The van der Waals surface area contributed by atoms with Gasteiger partial charge >= 0.3 is 0 Å². The lowest BCUT2D eigenvalue weighted by atomic mass is 10.1. The van der Waals surface area contributed by atoms with Gasteiger partial charge in [0.05, 0.1) is 11.7 Å². The third-order valence-electron chi connectivity index (χ3n) is 3.60. The molecule has 3 rings (SSSR count). The zero-order valence-electron chi connectivity index (χ0n) is 13.4. The lowest BCUT2D eigenvalue weighted by Gasteiger charge is -2.04. The second-order valence-corrected chi connectivity index (χ2v) is 5.99. The summed E-state index contributed by atoms with van der Waals surface area (Å²) in [5.41, 5.74) is 6.69. The number of fused-ring (bicyclic) bond motifs is 1. The number of carbonyl (C=O) groups is 1. The average molecular weight is 338 g/mol. The van der Waals surface area contributed by atoms with Gasteiger partial charge in [-0.25, -0.2) is 10.4 Å². The number of halogens is 1. The number of rotatable bonds is 3. The number of hydrogen-bond acceptors (Lipinski definition) is 3. The van der Waals surface area contributed by atoms with Crippen LogP contribution in [-0.4, -0.2) is 17.1 Å². The van der Waals surface area contributed by atoms with Crippen molar-refractivity contribution in [3.8, 4) is 0 Å². The molecule has 120 valence electrons. The zero-order valence-corrected chi connectivity index (χ0v) is 14.1. The van der Waals surface area contributed by atoms with Gasteiger partial charge in [0.1, 0.15) is 5.15 Å². The smallest absolute Gasteiger partial charge is 0.267 e. The van der Waals surface area contributed by atoms with E-state index in [2.05, 4.69) is 15.5 Å². The van der Waals surface area contributed by atoms with E-state index >= 15 is 0 Å². The van der Waals surface area contributed by atoms with Crippen molar-refractivity contribution in [2.75, 3.05) is 0 Å². The van der Waals surface area contributed by atoms with Crippen LogP contribution < -0.4 is 5.43 Å². The van der Waals surface area contributed by atoms with Crippen molar-refractivity contribution in [2.45, 2.75) is 13.8 Å². The standard InChI is InChI=1S/C19H16ClN3O/c1-12-4-3-5-15(8-12)19(24)23-21-11-16-10-14-7-6-13(2)9-17(14)22-18(16)20/h3-11H,1-2H3,(H,23,24)/b21-11+. The molecule has 1 heterocycles. The summed E-state index contributed by atoms with van der Waals surface area (Å²) < 4.78 is 0. The summed E-state index contributed by atoms with van der Waals surface area (Å²) in [6.45, 7) is 3.94. The van der Waals surface area contributed by atoms with Gasteiger partial charge < -0.3 is 0 Å². The van der Waals surface area contributed by atoms with E-state index in [1.807, 2.05) is 50.2 Å². The molecule has 2 aromatic carbocycles. The van der Waals surface area contributed by atoms with Crippen LogP contribution in [0.3, 0.4) is 0 Å². The molecule has 0 radical (unpaired) electrons. The van der Waals surface area contributed by atoms with Crippen LogP contribution in [0.25, 0.3) is 10.9 Å². The Labute approximate surface area is 145 Å². The normalized spacial score (nSPS) is 11.1. The molecule has 0 saturated carbocycles. The number of carbonyl (C=O) groups excluding carboxylic acids is 1. The molecule has 0 aliphatic heterocycles. The molecule has 3 aromatic rings. The molecule has 4 nitrogen and oxygen atoms in total. The highest BCUT2D eigenvalue weighted by Gasteiger charge is 2.05. The highest BCUT2D eigenvalue weighted by Crippen LogP contribution is 2.20. The van der Waals surface area contributed by atoms with E-state index in [1.54, 1.807) is 12.1 Å². The molecular formula is C19H16ClN3O. The van der Waals surface area contributed by atoms with Gasteiger partial charge in [-0.3, -0.25) is 4.79 Å². The van der Waals surface area contributed by atoms with Crippen LogP contribution >= 0.6 is 11.6 Å². The van der Waals surface area contributed by atoms with Gasteiger partial charge in [-0.15, -0.1) is 0 Å². The summed E-state index contributed by atoms with van der Waals surface area (Å²) in [5, 5.41) is 5.30. The Kier molecular flexibility index (Phi) is 4.58. The lowest BCUT2D eigenvalue weighted by Crippen LogP contribution is -2.17. The monoisotopic (exact) mass is 337 g/mol. The van der Waals surface area contributed by atoms with E-state index < -0.39 is 0 Å². The molecule has 1 aromatic heterocycles. The molecule has 5 heteroatoms. The van der Waals surface area contributed by atoms with Crippen LogP contribution in [-0.2, 0) is 0 Å². The van der Waals surface area contributed by atoms with Crippen LogP contribution in [0.1, 0.15) is 27.0 Å². The van der Waals surface area contributed by atoms with E-state index in [0.717, 1.165) is 22.0 Å². The van der Waals surface area contributed by atoms with E-state index in [9.17, 15) is 4.79 Å². The topological polar surface area (TPSA) is 54.4 Å². The van der Waals surface area contributed by atoms with Crippen molar-refractivity contribution >= 4 is 34.6 Å². The number of hydrazone groups is 1. The molecule has 0 fully saturated rings. The Morgan fingerprint density at radius 2 is 1.92 bits per heavy atom.